The van der Waals surface area contributed by atoms with Gasteiger partial charge < -0.3 is 10.3 Å². The van der Waals surface area contributed by atoms with Crippen molar-refractivity contribution in [2.75, 3.05) is 0 Å². The van der Waals surface area contributed by atoms with Gasteiger partial charge in [0.1, 0.15) is 0 Å². The first kappa shape index (κ1) is 9.26. The Morgan fingerprint density at radius 1 is 1.58 bits per heavy atom. The third kappa shape index (κ3) is 1.67. The zero-order valence-corrected chi connectivity index (χ0v) is 7.99. The van der Waals surface area contributed by atoms with E-state index in [9.17, 15) is 0 Å². The molecule has 1 unspecified atom stereocenters. The van der Waals surface area contributed by atoms with Crippen molar-refractivity contribution in [2.24, 2.45) is 11.7 Å². The van der Waals surface area contributed by atoms with E-state index in [-0.39, 0.29) is 6.04 Å². The minimum absolute atomic E-state index is 0.104. The molecule has 0 radical (unpaired) electrons. The van der Waals surface area contributed by atoms with E-state index in [4.69, 9.17) is 5.73 Å². The molecular formula is C9H17N3. The van der Waals surface area contributed by atoms with Crippen LogP contribution in [-0.4, -0.2) is 9.55 Å². The Labute approximate surface area is 73.6 Å². The Balaban J connectivity index is 2.86. The van der Waals surface area contributed by atoms with Gasteiger partial charge in [0.05, 0.1) is 12.0 Å². The first-order valence-corrected chi connectivity index (χ1v) is 4.42. The molecular weight excluding hydrogens is 150 g/mol. The van der Waals surface area contributed by atoms with Crippen LogP contribution in [0.4, 0.5) is 0 Å². The van der Waals surface area contributed by atoms with Crippen LogP contribution in [0.3, 0.4) is 0 Å². The van der Waals surface area contributed by atoms with Gasteiger partial charge in [-0.2, -0.15) is 0 Å². The molecule has 1 aromatic heterocycles. The summed E-state index contributed by atoms with van der Waals surface area (Å²) in [5.74, 6) is 0.465. The zero-order valence-electron chi connectivity index (χ0n) is 7.99. The summed E-state index contributed by atoms with van der Waals surface area (Å²) < 4.78 is 2.09. The van der Waals surface area contributed by atoms with Crippen LogP contribution in [0, 0.1) is 5.92 Å². The molecule has 1 rings (SSSR count). The summed E-state index contributed by atoms with van der Waals surface area (Å²) in [6.07, 6.45) is 3.69. The maximum Gasteiger partial charge on any atom is 0.0948 e. The van der Waals surface area contributed by atoms with Crippen LogP contribution < -0.4 is 5.73 Å². The van der Waals surface area contributed by atoms with Gasteiger partial charge in [0.15, 0.2) is 0 Å². The molecule has 0 aliphatic rings. The summed E-state index contributed by atoms with van der Waals surface area (Å²) in [7, 11) is 0. The molecule has 0 saturated heterocycles. The second kappa shape index (κ2) is 3.72. The van der Waals surface area contributed by atoms with E-state index in [2.05, 4.69) is 30.3 Å². The lowest BCUT2D eigenvalue weighted by molar-refractivity contribution is 0.482. The number of hydrogen-bond acceptors (Lipinski definition) is 2. The Kier molecular flexibility index (Phi) is 2.87. The number of nitrogens with two attached hydrogens (primary N) is 1. The molecule has 3 heteroatoms. The lowest BCUT2D eigenvalue weighted by Gasteiger charge is -2.16. The molecule has 1 atom stereocenters. The quantitative estimate of drug-likeness (QED) is 0.742. The van der Waals surface area contributed by atoms with Gasteiger partial charge in [-0.3, -0.25) is 0 Å². The molecule has 0 amide bonds. The van der Waals surface area contributed by atoms with Crippen molar-refractivity contribution >= 4 is 0 Å². The van der Waals surface area contributed by atoms with Crippen molar-refractivity contribution in [2.45, 2.75) is 33.4 Å². The van der Waals surface area contributed by atoms with Crippen LogP contribution in [0.25, 0.3) is 0 Å². The first-order valence-electron chi connectivity index (χ1n) is 4.42. The highest BCUT2D eigenvalue weighted by Crippen LogP contribution is 2.17. The lowest BCUT2D eigenvalue weighted by atomic mass is 10.0. The summed E-state index contributed by atoms with van der Waals surface area (Å²) in [5, 5.41) is 0. The van der Waals surface area contributed by atoms with E-state index in [0.717, 1.165) is 12.2 Å². The van der Waals surface area contributed by atoms with Crippen LogP contribution in [0.5, 0.6) is 0 Å². The second-order valence-corrected chi connectivity index (χ2v) is 3.37. The van der Waals surface area contributed by atoms with Gasteiger partial charge in [0.25, 0.3) is 0 Å². The molecule has 0 aromatic carbocycles. The van der Waals surface area contributed by atoms with Gasteiger partial charge in [0.2, 0.25) is 0 Å². The van der Waals surface area contributed by atoms with Crippen molar-refractivity contribution < 1.29 is 0 Å². The Morgan fingerprint density at radius 2 is 2.25 bits per heavy atom. The average Bonchev–Trinajstić information content (AvgIpc) is 2.49. The highest BCUT2D eigenvalue weighted by Gasteiger charge is 2.13. The maximum absolute atomic E-state index is 6.00. The highest BCUT2D eigenvalue weighted by molar-refractivity contribution is 5.05. The molecule has 2 N–H and O–H groups in total. The normalized spacial score (nSPS) is 13.8. The van der Waals surface area contributed by atoms with Crippen molar-refractivity contribution in [1.29, 1.82) is 0 Å². The maximum atomic E-state index is 6.00. The van der Waals surface area contributed by atoms with E-state index in [1.54, 1.807) is 0 Å². The van der Waals surface area contributed by atoms with Gasteiger partial charge in [-0.05, 0) is 12.8 Å². The lowest BCUT2D eigenvalue weighted by Crippen LogP contribution is -2.20. The fourth-order valence-electron chi connectivity index (χ4n) is 1.21. The van der Waals surface area contributed by atoms with Crippen molar-refractivity contribution in [3.8, 4) is 0 Å². The highest BCUT2D eigenvalue weighted by atomic mass is 15.1. The zero-order chi connectivity index (χ0) is 9.14. The van der Waals surface area contributed by atoms with Gasteiger partial charge in [-0.25, -0.2) is 4.98 Å². The fraction of sp³-hybridized carbons (Fsp3) is 0.667. The summed E-state index contributed by atoms with van der Waals surface area (Å²) in [5.41, 5.74) is 7.13. The molecule has 0 spiro atoms. The molecule has 1 heterocycles. The van der Waals surface area contributed by atoms with Crippen molar-refractivity contribution in [3.05, 3.63) is 18.2 Å². The van der Waals surface area contributed by atoms with Gasteiger partial charge in [-0.15, -0.1) is 0 Å². The van der Waals surface area contributed by atoms with E-state index >= 15 is 0 Å². The van der Waals surface area contributed by atoms with Crippen LogP contribution in [-0.2, 0) is 6.54 Å². The topological polar surface area (TPSA) is 43.8 Å². The van der Waals surface area contributed by atoms with Crippen LogP contribution in [0.2, 0.25) is 0 Å². The predicted octanol–water partition coefficient (Wildman–Crippen LogP) is 1.56. The second-order valence-electron chi connectivity index (χ2n) is 3.37. The predicted molar refractivity (Wildman–Crippen MR) is 49.7 cm³/mol. The minimum Gasteiger partial charge on any atom is -0.333 e. The summed E-state index contributed by atoms with van der Waals surface area (Å²) in [6.45, 7) is 7.28. The minimum atomic E-state index is 0.104. The molecule has 12 heavy (non-hydrogen) atoms. The largest absolute Gasteiger partial charge is 0.333 e. The standard InChI is InChI=1S/C9H17N3/c1-4-12-6-11-5-8(12)9(10)7(2)3/h5-7,9H,4,10H2,1-3H3. The third-order valence-electron chi connectivity index (χ3n) is 2.14. The number of nitrogens with zero attached hydrogens (tertiary/aromatic N) is 2. The van der Waals surface area contributed by atoms with Gasteiger partial charge in [-0.1, -0.05) is 13.8 Å². The molecule has 1 aromatic rings. The van der Waals surface area contributed by atoms with Gasteiger partial charge >= 0.3 is 0 Å². The Bertz CT molecular complexity index is 240. The van der Waals surface area contributed by atoms with Crippen LogP contribution >= 0.6 is 0 Å². The summed E-state index contributed by atoms with van der Waals surface area (Å²) >= 11 is 0. The van der Waals surface area contributed by atoms with E-state index < -0.39 is 0 Å². The average molecular weight is 167 g/mol. The first-order chi connectivity index (χ1) is 5.66. The number of aromatic nitrogens is 2. The van der Waals surface area contributed by atoms with E-state index in [0.29, 0.717) is 5.92 Å². The van der Waals surface area contributed by atoms with Crippen LogP contribution in [0.15, 0.2) is 12.5 Å². The van der Waals surface area contributed by atoms with Crippen molar-refractivity contribution in [3.63, 3.8) is 0 Å². The Morgan fingerprint density at radius 3 is 2.75 bits per heavy atom. The van der Waals surface area contributed by atoms with Crippen LogP contribution in [0.1, 0.15) is 32.5 Å². The number of aryl methyl sites for hydroxylation is 1. The number of hydrogen-bond donors (Lipinski definition) is 1. The molecule has 0 saturated carbocycles. The SMILES string of the molecule is CCn1cncc1C(N)C(C)C. The monoisotopic (exact) mass is 167 g/mol. The summed E-state index contributed by atoms with van der Waals surface area (Å²) in [4.78, 5) is 4.08. The molecule has 0 fully saturated rings. The molecule has 0 aliphatic heterocycles. The third-order valence-corrected chi connectivity index (χ3v) is 2.14. The van der Waals surface area contributed by atoms with Gasteiger partial charge in [0, 0.05) is 18.8 Å². The number of imidazole rings is 1. The fourth-order valence-corrected chi connectivity index (χ4v) is 1.21. The molecule has 0 bridgehead atoms. The molecule has 68 valence electrons. The molecule has 3 nitrogen and oxygen atoms in total. The van der Waals surface area contributed by atoms with Crippen molar-refractivity contribution in [1.82, 2.24) is 9.55 Å². The Hall–Kier alpha value is -0.830. The molecule has 0 aliphatic carbocycles. The number of rotatable bonds is 3. The van der Waals surface area contributed by atoms with E-state index in [1.807, 2.05) is 12.5 Å². The summed E-state index contributed by atoms with van der Waals surface area (Å²) in [6, 6.07) is 0.104. The smallest absolute Gasteiger partial charge is 0.0948 e. The van der Waals surface area contributed by atoms with E-state index in [1.165, 1.54) is 0 Å².